The van der Waals surface area contributed by atoms with Crippen LogP contribution < -0.4 is 0 Å². The van der Waals surface area contributed by atoms with Crippen molar-refractivity contribution in [3.05, 3.63) is 70.8 Å². The monoisotopic (exact) mass is 306 g/mol. The molecule has 0 radical (unpaired) electrons. The van der Waals surface area contributed by atoms with Crippen LogP contribution in [0.1, 0.15) is 53.2 Å². The van der Waals surface area contributed by atoms with Gasteiger partial charge in [-0.2, -0.15) is 0 Å². The minimum atomic E-state index is 0.0772. The molecule has 23 heavy (non-hydrogen) atoms. The molecule has 2 aromatic carbocycles. The minimum absolute atomic E-state index is 0.0772. The number of carbonyl (C=O) groups excluding carboxylic acids is 1. The Hall–Kier alpha value is -2.15. The Morgan fingerprint density at radius 3 is 2.26 bits per heavy atom. The lowest BCUT2D eigenvalue weighted by Crippen LogP contribution is -2.06. The molecule has 1 heteroatoms. The third-order valence-corrected chi connectivity index (χ3v) is 4.27. The van der Waals surface area contributed by atoms with E-state index in [-0.39, 0.29) is 5.78 Å². The van der Waals surface area contributed by atoms with Gasteiger partial charge in [-0.25, -0.2) is 0 Å². The van der Waals surface area contributed by atoms with Crippen molar-refractivity contribution < 1.29 is 4.79 Å². The predicted octanol–water partition coefficient (Wildman–Crippen LogP) is 6.21. The third-order valence-electron chi connectivity index (χ3n) is 4.27. The van der Waals surface area contributed by atoms with Gasteiger partial charge in [-0.15, -0.1) is 0 Å². The van der Waals surface area contributed by atoms with Gasteiger partial charge in [0.25, 0.3) is 0 Å². The predicted molar refractivity (Wildman–Crippen MR) is 99.1 cm³/mol. The van der Waals surface area contributed by atoms with Gasteiger partial charge in [0, 0.05) is 5.56 Å². The number of carbonyl (C=O) groups is 1. The normalized spacial score (nSPS) is 10.6. The van der Waals surface area contributed by atoms with E-state index >= 15 is 0 Å². The smallest absolute Gasteiger partial charge is 0.189 e. The summed E-state index contributed by atoms with van der Waals surface area (Å²) in [7, 11) is 0. The first-order chi connectivity index (χ1) is 11.0. The Balaban J connectivity index is 2.51. The second-order valence-corrected chi connectivity index (χ2v) is 6.36. The van der Waals surface area contributed by atoms with E-state index in [9.17, 15) is 4.79 Å². The summed E-state index contributed by atoms with van der Waals surface area (Å²) < 4.78 is 0. The standard InChI is InChI=1S/C22H26O/c1-6-7-10-16(3)22(23)20-12-9-8-11-19(20)21-17(4)13-15(2)14-18(21)5/h8-9,11-14H,3,6-7,10H2,1-2,4-5H3. The molecule has 0 aliphatic rings. The number of benzene rings is 2. The van der Waals surface area contributed by atoms with Crippen LogP contribution in [0, 0.1) is 20.8 Å². The molecule has 0 aliphatic heterocycles. The molecular weight excluding hydrogens is 280 g/mol. The second kappa shape index (κ2) is 7.41. The van der Waals surface area contributed by atoms with Crippen LogP contribution in [0.5, 0.6) is 0 Å². The molecule has 0 N–H and O–H groups in total. The molecule has 0 saturated carbocycles. The maximum absolute atomic E-state index is 12.8. The Morgan fingerprint density at radius 1 is 1.04 bits per heavy atom. The summed E-state index contributed by atoms with van der Waals surface area (Å²) in [6.07, 6.45) is 2.86. The van der Waals surface area contributed by atoms with Crippen LogP contribution in [-0.2, 0) is 0 Å². The van der Waals surface area contributed by atoms with Gasteiger partial charge in [0.1, 0.15) is 0 Å². The van der Waals surface area contributed by atoms with Crippen molar-refractivity contribution in [2.45, 2.75) is 47.0 Å². The zero-order valence-electron chi connectivity index (χ0n) is 14.7. The summed E-state index contributed by atoms with van der Waals surface area (Å²) in [6.45, 7) is 12.5. The first kappa shape index (κ1) is 17.2. The molecule has 120 valence electrons. The highest BCUT2D eigenvalue weighted by molar-refractivity contribution is 6.12. The fraction of sp³-hybridized carbons (Fsp3) is 0.318. The zero-order chi connectivity index (χ0) is 17.0. The average Bonchev–Trinajstić information content (AvgIpc) is 2.51. The molecule has 1 nitrogen and oxygen atoms in total. The molecule has 0 spiro atoms. The van der Waals surface area contributed by atoms with Crippen molar-refractivity contribution in [2.24, 2.45) is 0 Å². The minimum Gasteiger partial charge on any atom is -0.289 e. The largest absolute Gasteiger partial charge is 0.289 e. The Kier molecular flexibility index (Phi) is 5.54. The number of allylic oxidation sites excluding steroid dienone is 1. The molecule has 2 rings (SSSR count). The Morgan fingerprint density at radius 2 is 1.65 bits per heavy atom. The van der Waals surface area contributed by atoms with Gasteiger partial charge in [-0.1, -0.05) is 61.9 Å². The van der Waals surface area contributed by atoms with Crippen molar-refractivity contribution in [3.8, 4) is 11.1 Å². The van der Waals surface area contributed by atoms with Crippen LogP contribution in [0.2, 0.25) is 0 Å². The Labute approximate surface area is 140 Å². The van der Waals surface area contributed by atoms with E-state index in [0.29, 0.717) is 5.57 Å². The van der Waals surface area contributed by atoms with Crippen LogP contribution in [-0.4, -0.2) is 5.78 Å². The lowest BCUT2D eigenvalue weighted by Gasteiger charge is -2.16. The molecule has 0 unspecified atom stereocenters. The Bertz CT molecular complexity index is 714. The van der Waals surface area contributed by atoms with Gasteiger partial charge in [0.15, 0.2) is 5.78 Å². The van der Waals surface area contributed by atoms with E-state index in [1.165, 1.54) is 22.3 Å². The van der Waals surface area contributed by atoms with Crippen LogP contribution in [0.25, 0.3) is 11.1 Å². The molecule has 0 aliphatic carbocycles. The van der Waals surface area contributed by atoms with Gasteiger partial charge >= 0.3 is 0 Å². The highest BCUT2D eigenvalue weighted by Crippen LogP contribution is 2.32. The van der Waals surface area contributed by atoms with Crippen molar-refractivity contribution >= 4 is 5.78 Å². The molecule has 0 saturated heterocycles. The first-order valence-electron chi connectivity index (χ1n) is 8.35. The fourth-order valence-corrected chi connectivity index (χ4v) is 3.20. The lowest BCUT2D eigenvalue weighted by atomic mass is 9.88. The number of aryl methyl sites for hydroxylation is 3. The number of hydrogen-bond acceptors (Lipinski definition) is 1. The molecule has 0 aromatic heterocycles. The van der Waals surface area contributed by atoms with Gasteiger partial charge < -0.3 is 0 Å². The zero-order valence-corrected chi connectivity index (χ0v) is 14.7. The van der Waals surface area contributed by atoms with Gasteiger partial charge in [-0.3, -0.25) is 4.79 Å². The summed E-state index contributed by atoms with van der Waals surface area (Å²) in [5.74, 6) is 0.0772. The van der Waals surface area contributed by atoms with Crippen LogP contribution in [0.3, 0.4) is 0 Å². The molecule has 0 atom stereocenters. The summed E-state index contributed by atoms with van der Waals surface area (Å²) >= 11 is 0. The van der Waals surface area contributed by atoms with E-state index in [2.05, 4.69) is 46.4 Å². The van der Waals surface area contributed by atoms with Gasteiger partial charge in [0.05, 0.1) is 0 Å². The second-order valence-electron chi connectivity index (χ2n) is 6.36. The van der Waals surface area contributed by atoms with Crippen molar-refractivity contribution in [3.63, 3.8) is 0 Å². The highest BCUT2D eigenvalue weighted by atomic mass is 16.1. The number of Topliss-reactive ketones (excluding diaryl/α,β-unsaturated/α-hetero) is 1. The number of rotatable bonds is 6. The summed E-state index contributed by atoms with van der Waals surface area (Å²) in [4.78, 5) is 12.8. The molecular formula is C22H26O. The van der Waals surface area contributed by atoms with Crippen molar-refractivity contribution in [1.29, 1.82) is 0 Å². The highest BCUT2D eigenvalue weighted by Gasteiger charge is 2.17. The quantitative estimate of drug-likeness (QED) is 0.458. The first-order valence-corrected chi connectivity index (χ1v) is 8.35. The molecule has 0 bridgehead atoms. The van der Waals surface area contributed by atoms with Gasteiger partial charge in [-0.05, 0) is 61.4 Å². The van der Waals surface area contributed by atoms with Crippen LogP contribution in [0.15, 0.2) is 48.6 Å². The molecule has 0 heterocycles. The summed E-state index contributed by atoms with van der Waals surface area (Å²) in [5, 5.41) is 0. The lowest BCUT2D eigenvalue weighted by molar-refractivity contribution is 0.103. The fourth-order valence-electron chi connectivity index (χ4n) is 3.20. The average molecular weight is 306 g/mol. The maximum atomic E-state index is 12.8. The SMILES string of the molecule is C=C(CCCC)C(=O)c1ccccc1-c1c(C)cc(C)cc1C. The third kappa shape index (κ3) is 3.79. The van der Waals surface area contributed by atoms with Crippen molar-refractivity contribution in [1.82, 2.24) is 0 Å². The molecule has 0 amide bonds. The summed E-state index contributed by atoms with van der Waals surface area (Å²) in [5.41, 5.74) is 7.34. The molecule has 0 fully saturated rings. The van der Waals surface area contributed by atoms with E-state index in [1.807, 2.05) is 24.3 Å². The number of hydrogen-bond donors (Lipinski definition) is 0. The topological polar surface area (TPSA) is 17.1 Å². The van der Waals surface area contributed by atoms with Crippen molar-refractivity contribution in [2.75, 3.05) is 0 Å². The van der Waals surface area contributed by atoms with E-state index in [1.54, 1.807) is 0 Å². The molecule has 2 aromatic rings. The van der Waals surface area contributed by atoms with Crippen LogP contribution in [0.4, 0.5) is 0 Å². The van der Waals surface area contributed by atoms with E-state index in [0.717, 1.165) is 30.4 Å². The van der Waals surface area contributed by atoms with E-state index in [4.69, 9.17) is 0 Å². The number of unbranched alkanes of at least 4 members (excludes halogenated alkanes) is 1. The van der Waals surface area contributed by atoms with E-state index < -0.39 is 0 Å². The summed E-state index contributed by atoms with van der Waals surface area (Å²) in [6, 6.07) is 12.3. The van der Waals surface area contributed by atoms with Gasteiger partial charge in [0.2, 0.25) is 0 Å². The van der Waals surface area contributed by atoms with Crippen LogP contribution >= 0.6 is 0 Å². The maximum Gasteiger partial charge on any atom is 0.189 e. The number of ketones is 1.